The number of para-hydroxylation sites is 2. The van der Waals surface area contributed by atoms with E-state index in [1.165, 1.54) is 37.6 Å². The van der Waals surface area contributed by atoms with Gasteiger partial charge in [0.15, 0.2) is 0 Å². The molecular weight excluding hydrogens is 575 g/mol. The van der Waals surface area contributed by atoms with Gasteiger partial charge >= 0.3 is 195 Å². The monoisotopic (exact) mass is 605 g/mol. The van der Waals surface area contributed by atoms with Crippen molar-refractivity contribution < 1.29 is 18.2 Å². The first-order chi connectivity index (χ1) is 14.3. The molecule has 2 aromatic carbocycles. The van der Waals surface area contributed by atoms with Crippen LogP contribution < -0.4 is 14.7 Å². The van der Waals surface area contributed by atoms with Crippen molar-refractivity contribution in [1.82, 2.24) is 0 Å². The molecule has 0 aliphatic carbocycles. The van der Waals surface area contributed by atoms with E-state index < -0.39 is 18.2 Å². The molecule has 4 rings (SSSR count). The molecule has 1 unspecified atom stereocenters. The second-order valence-electron chi connectivity index (χ2n) is 8.89. The summed E-state index contributed by atoms with van der Waals surface area (Å²) in [4.78, 5) is 7.30. The molecule has 2 aliphatic rings. The molecule has 0 bridgehead atoms. The van der Waals surface area contributed by atoms with Crippen LogP contribution in [-0.4, -0.2) is 30.7 Å². The number of fused-ring (bicyclic) bond motifs is 3. The fraction of sp³-hybridized carbons (Fsp3) is 0.400. The summed E-state index contributed by atoms with van der Waals surface area (Å²) in [6.07, 6.45) is 4.61. The summed E-state index contributed by atoms with van der Waals surface area (Å²) in [6, 6.07) is 13.6. The fourth-order valence-electron chi connectivity index (χ4n) is 4.57. The van der Waals surface area contributed by atoms with Crippen molar-refractivity contribution >= 4 is 36.2 Å². The zero-order valence-electron chi connectivity index (χ0n) is 18.6. The SMILES string of the molecule is CC(C)c1cccc(C(C)C)c1N1CN2c3c(cccc3N(C)C)C=CC2[C]1=[Au-2][Cl]. The molecule has 1 fully saturated rings. The van der Waals surface area contributed by atoms with Crippen molar-refractivity contribution in [2.45, 2.75) is 45.6 Å². The van der Waals surface area contributed by atoms with Crippen LogP contribution in [0.15, 0.2) is 42.5 Å². The standard InChI is InChI=1S/C25H31N3.Au.ClH/c1-17(2)21-10-8-11-22(18(3)4)25(21)27-15-20-14-13-19-9-7-12-23(26(5)6)24(19)28(20)16-27;;/h7-14,17-18,20H,16H2,1-6H3;;1H/q;-1;/p-1. The molecule has 0 saturated carbocycles. The molecule has 2 aromatic rings. The van der Waals surface area contributed by atoms with Crippen LogP contribution in [0.3, 0.4) is 0 Å². The topological polar surface area (TPSA) is 9.72 Å². The Morgan fingerprint density at radius 2 is 1.60 bits per heavy atom. The molecule has 0 aromatic heterocycles. The van der Waals surface area contributed by atoms with Gasteiger partial charge in [-0.25, -0.2) is 0 Å². The van der Waals surface area contributed by atoms with Crippen molar-refractivity contribution in [3.63, 3.8) is 0 Å². The van der Waals surface area contributed by atoms with Crippen LogP contribution in [0.1, 0.15) is 56.2 Å². The van der Waals surface area contributed by atoms with E-state index in [1.54, 1.807) is 0 Å². The van der Waals surface area contributed by atoms with Gasteiger partial charge in [-0.3, -0.25) is 0 Å². The summed E-state index contributed by atoms with van der Waals surface area (Å²) < 4.78 is 1.36. The number of anilines is 3. The Balaban J connectivity index is 1.89. The Kier molecular flexibility index (Phi) is 6.18. The molecule has 5 heteroatoms. The summed E-state index contributed by atoms with van der Waals surface area (Å²) >= 11 is -0.453. The molecular formula is C25H31AuClN3-2. The van der Waals surface area contributed by atoms with E-state index in [9.17, 15) is 0 Å². The number of hydrogen-bond acceptors (Lipinski definition) is 3. The number of rotatable bonds is 4. The van der Waals surface area contributed by atoms with E-state index in [4.69, 9.17) is 9.19 Å². The predicted octanol–water partition coefficient (Wildman–Crippen LogP) is 6.05. The van der Waals surface area contributed by atoms with Crippen molar-refractivity contribution in [3.8, 4) is 0 Å². The Bertz CT molecular complexity index is 983. The molecule has 2 aliphatic heterocycles. The van der Waals surface area contributed by atoms with E-state index in [1.807, 2.05) is 0 Å². The number of halogens is 1. The van der Waals surface area contributed by atoms with Crippen molar-refractivity contribution in [3.05, 3.63) is 59.2 Å². The van der Waals surface area contributed by atoms with E-state index in [0.717, 1.165) is 6.67 Å². The van der Waals surface area contributed by atoms with Gasteiger partial charge in [-0.2, -0.15) is 0 Å². The average Bonchev–Trinajstić information content (AvgIpc) is 3.10. The molecule has 1 atom stereocenters. The first-order valence-electron chi connectivity index (χ1n) is 10.6. The normalized spacial score (nSPS) is 19.6. The van der Waals surface area contributed by atoms with Gasteiger partial charge in [-0.15, -0.1) is 0 Å². The van der Waals surface area contributed by atoms with Gasteiger partial charge in [-0.1, -0.05) is 0 Å². The summed E-state index contributed by atoms with van der Waals surface area (Å²) in [5.74, 6) is 0.925. The van der Waals surface area contributed by atoms with E-state index in [-0.39, 0.29) is 6.04 Å². The molecule has 0 N–H and O–H groups in total. The van der Waals surface area contributed by atoms with Crippen LogP contribution in [0.2, 0.25) is 0 Å². The van der Waals surface area contributed by atoms with Gasteiger partial charge in [0, 0.05) is 0 Å². The maximum absolute atomic E-state index is 6.71. The van der Waals surface area contributed by atoms with E-state index >= 15 is 0 Å². The van der Waals surface area contributed by atoms with E-state index in [0.29, 0.717) is 11.8 Å². The summed E-state index contributed by atoms with van der Waals surface area (Å²) in [5, 5.41) is 0. The van der Waals surface area contributed by atoms with Crippen LogP contribution >= 0.6 is 9.19 Å². The van der Waals surface area contributed by atoms with Crippen molar-refractivity contribution in [2.24, 2.45) is 0 Å². The maximum atomic E-state index is 6.71. The molecule has 0 spiro atoms. The van der Waals surface area contributed by atoms with Gasteiger partial charge in [0.2, 0.25) is 0 Å². The van der Waals surface area contributed by atoms with Crippen LogP contribution in [0.4, 0.5) is 17.1 Å². The van der Waals surface area contributed by atoms with Crippen molar-refractivity contribution in [2.75, 3.05) is 35.5 Å². The Labute approximate surface area is 194 Å². The molecule has 0 amide bonds. The Hall–Kier alpha value is -1.52. The minimum atomic E-state index is -0.453. The summed E-state index contributed by atoms with van der Waals surface area (Å²) in [5.41, 5.74) is 8.06. The first kappa shape index (κ1) is 21.7. The predicted molar refractivity (Wildman–Crippen MR) is 129 cm³/mol. The van der Waals surface area contributed by atoms with Gasteiger partial charge in [0.05, 0.1) is 0 Å². The molecule has 166 valence electrons. The zero-order chi connectivity index (χ0) is 21.6. The summed E-state index contributed by atoms with van der Waals surface area (Å²) in [7, 11) is 11.0. The van der Waals surface area contributed by atoms with Gasteiger partial charge in [-0.05, 0) is 0 Å². The van der Waals surface area contributed by atoms with E-state index in [2.05, 4.69) is 105 Å². The van der Waals surface area contributed by atoms with Crippen LogP contribution in [0.25, 0.3) is 6.08 Å². The van der Waals surface area contributed by atoms with Crippen LogP contribution in [0.5, 0.6) is 0 Å². The first-order valence-corrected chi connectivity index (χ1v) is 14.3. The zero-order valence-corrected chi connectivity index (χ0v) is 21.5. The number of nitrogens with zero attached hydrogens (tertiary/aromatic N) is 3. The van der Waals surface area contributed by atoms with Gasteiger partial charge < -0.3 is 0 Å². The quantitative estimate of drug-likeness (QED) is 0.393. The van der Waals surface area contributed by atoms with Crippen molar-refractivity contribution in [1.29, 1.82) is 0 Å². The molecule has 3 nitrogen and oxygen atoms in total. The van der Waals surface area contributed by atoms with Gasteiger partial charge in [0.25, 0.3) is 0 Å². The fourth-order valence-corrected chi connectivity index (χ4v) is 7.03. The summed E-state index contributed by atoms with van der Waals surface area (Å²) in [6.45, 7) is 10.0. The molecule has 0 radical (unpaired) electrons. The minimum absolute atomic E-state index is 0.234. The number of hydrogen-bond donors (Lipinski definition) is 0. The second kappa shape index (κ2) is 8.55. The number of benzene rings is 2. The molecule has 1 saturated heterocycles. The third-order valence-corrected chi connectivity index (χ3v) is 8.63. The average molecular weight is 606 g/mol. The van der Waals surface area contributed by atoms with Crippen LogP contribution in [-0.2, 0) is 18.2 Å². The third kappa shape index (κ3) is 3.56. The second-order valence-corrected chi connectivity index (χ2v) is 11.3. The van der Waals surface area contributed by atoms with Gasteiger partial charge in [0.1, 0.15) is 0 Å². The molecule has 30 heavy (non-hydrogen) atoms. The Morgan fingerprint density at radius 1 is 0.967 bits per heavy atom. The van der Waals surface area contributed by atoms with Crippen LogP contribution in [0, 0.1) is 0 Å². The Morgan fingerprint density at radius 3 is 2.17 bits per heavy atom. The molecule has 2 heterocycles. The third-order valence-electron chi connectivity index (χ3n) is 6.03.